The molecule has 0 saturated carbocycles. The maximum atomic E-state index is 13.0. The molecule has 0 radical (unpaired) electrons. The summed E-state index contributed by atoms with van der Waals surface area (Å²) < 4.78 is 17.9. The van der Waals surface area contributed by atoms with Gasteiger partial charge in [-0.2, -0.15) is 0 Å². The molecule has 1 atom stereocenters. The van der Waals surface area contributed by atoms with E-state index in [1.165, 1.54) is 19.2 Å². The van der Waals surface area contributed by atoms with Crippen molar-refractivity contribution in [3.8, 4) is 5.88 Å². The van der Waals surface area contributed by atoms with E-state index >= 15 is 0 Å². The van der Waals surface area contributed by atoms with Gasteiger partial charge in [-0.15, -0.1) is 10.2 Å². The van der Waals surface area contributed by atoms with E-state index in [0.717, 1.165) is 5.56 Å². The van der Waals surface area contributed by atoms with Gasteiger partial charge in [-0.05, 0) is 23.8 Å². The molecule has 19 heavy (non-hydrogen) atoms. The lowest BCUT2D eigenvalue weighted by Crippen LogP contribution is -2.06. The first-order chi connectivity index (χ1) is 9.10. The number of hydrogen-bond donors (Lipinski definition) is 1. The molecule has 0 aliphatic carbocycles. The van der Waals surface area contributed by atoms with Gasteiger partial charge in [0.15, 0.2) is 0 Å². The van der Waals surface area contributed by atoms with Crippen molar-refractivity contribution in [1.29, 1.82) is 0 Å². The summed E-state index contributed by atoms with van der Waals surface area (Å²) in [5.74, 6) is -0.107. The molecule has 1 unspecified atom stereocenters. The average molecular weight is 283 g/mol. The number of nitrogens with zero attached hydrogens (tertiary/aromatic N) is 2. The lowest BCUT2D eigenvalue weighted by molar-refractivity contribution is 0.172. The molecule has 1 N–H and O–H groups in total. The third-order valence-corrected chi connectivity index (χ3v) is 2.91. The third-order valence-electron chi connectivity index (χ3n) is 2.62. The van der Waals surface area contributed by atoms with Gasteiger partial charge in [0, 0.05) is 12.5 Å². The van der Waals surface area contributed by atoms with Crippen LogP contribution in [0.15, 0.2) is 30.3 Å². The number of aromatic nitrogens is 2. The molecule has 0 aliphatic heterocycles. The van der Waals surface area contributed by atoms with Gasteiger partial charge < -0.3 is 9.84 Å². The predicted octanol–water partition coefficient (Wildman–Crippen LogP) is 2.55. The van der Waals surface area contributed by atoms with E-state index in [-0.39, 0.29) is 11.4 Å². The maximum absolute atomic E-state index is 13.0. The van der Waals surface area contributed by atoms with Crippen molar-refractivity contribution in [2.45, 2.75) is 12.5 Å². The lowest BCUT2D eigenvalue weighted by atomic mass is 10.1. The van der Waals surface area contributed by atoms with Gasteiger partial charge in [0.1, 0.15) is 11.9 Å². The Balaban J connectivity index is 2.10. The lowest BCUT2D eigenvalue weighted by Gasteiger charge is -2.10. The molecular weight excluding hydrogens is 271 g/mol. The fourth-order valence-electron chi connectivity index (χ4n) is 1.61. The molecule has 1 heterocycles. The maximum Gasteiger partial charge on any atom is 0.233 e. The number of hydrogen-bond acceptors (Lipinski definition) is 4. The van der Waals surface area contributed by atoms with Gasteiger partial charge in [-0.3, -0.25) is 0 Å². The average Bonchev–Trinajstić information content (AvgIpc) is 2.43. The minimum atomic E-state index is -0.833. The molecule has 0 aliphatic rings. The number of benzene rings is 1. The summed E-state index contributed by atoms with van der Waals surface area (Å²) in [5.41, 5.74) is 1.14. The molecule has 2 rings (SSSR count). The first kappa shape index (κ1) is 13.7. The Bertz CT molecular complexity index is 563. The molecule has 4 nitrogen and oxygen atoms in total. The van der Waals surface area contributed by atoms with Gasteiger partial charge in [-0.25, -0.2) is 4.39 Å². The summed E-state index contributed by atoms with van der Waals surface area (Å²) in [7, 11) is 1.49. The van der Waals surface area contributed by atoms with E-state index in [1.807, 2.05) is 0 Å². The van der Waals surface area contributed by atoms with Crippen molar-refractivity contribution in [2.24, 2.45) is 0 Å². The number of aliphatic hydroxyl groups excluding tert-OH is 1. The molecule has 0 fully saturated rings. The second-order valence-electron chi connectivity index (χ2n) is 3.97. The molecule has 100 valence electrons. The van der Waals surface area contributed by atoms with Gasteiger partial charge in [-0.1, -0.05) is 17.7 Å². The Labute approximate surface area is 114 Å². The predicted molar refractivity (Wildman–Crippen MR) is 68.7 cm³/mol. The van der Waals surface area contributed by atoms with E-state index < -0.39 is 11.9 Å². The first-order valence-corrected chi connectivity index (χ1v) is 5.97. The molecule has 0 saturated heterocycles. The van der Waals surface area contributed by atoms with E-state index in [0.29, 0.717) is 11.6 Å². The zero-order chi connectivity index (χ0) is 13.8. The summed E-state index contributed by atoms with van der Waals surface area (Å²) in [6.45, 7) is 0. The molecule has 1 aromatic heterocycles. The van der Waals surface area contributed by atoms with Crippen LogP contribution in [-0.2, 0) is 6.42 Å². The summed E-state index contributed by atoms with van der Waals surface area (Å²) in [4.78, 5) is 0. The van der Waals surface area contributed by atoms with Gasteiger partial charge in [0.25, 0.3) is 0 Å². The second-order valence-corrected chi connectivity index (χ2v) is 4.38. The standard InChI is InChI=1S/C13H12ClFN2O2/c1-19-13-5-4-11(16-17-13)12(18)7-8-2-3-10(15)9(14)6-8/h2-6,12,18H,7H2,1H3. The van der Waals surface area contributed by atoms with E-state index in [4.69, 9.17) is 16.3 Å². The van der Waals surface area contributed by atoms with Crippen LogP contribution in [-0.4, -0.2) is 22.4 Å². The van der Waals surface area contributed by atoms with Crippen molar-refractivity contribution < 1.29 is 14.2 Å². The molecule has 6 heteroatoms. The molecule has 2 aromatic rings. The zero-order valence-corrected chi connectivity index (χ0v) is 10.9. The normalized spacial score (nSPS) is 12.2. The van der Waals surface area contributed by atoms with Crippen molar-refractivity contribution in [2.75, 3.05) is 7.11 Å². The first-order valence-electron chi connectivity index (χ1n) is 5.59. The monoisotopic (exact) mass is 282 g/mol. The Morgan fingerprint density at radius 3 is 2.68 bits per heavy atom. The number of rotatable bonds is 4. The van der Waals surface area contributed by atoms with Gasteiger partial charge in [0.05, 0.1) is 17.8 Å². The number of ether oxygens (including phenoxy) is 1. The van der Waals surface area contributed by atoms with Crippen LogP contribution in [0.25, 0.3) is 0 Å². The molecule has 0 amide bonds. The number of halogens is 2. The minimum absolute atomic E-state index is 0.0329. The Morgan fingerprint density at radius 2 is 2.11 bits per heavy atom. The SMILES string of the molecule is COc1ccc(C(O)Cc2ccc(F)c(Cl)c2)nn1. The van der Waals surface area contributed by atoms with Crippen LogP contribution in [0.2, 0.25) is 5.02 Å². The highest BCUT2D eigenvalue weighted by molar-refractivity contribution is 6.30. The summed E-state index contributed by atoms with van der Waals surface area (Å²) >= 11 is 5.68. The smallest absolute Gasteiger partial charge is 0.233 e. The Hall–Kier alpha value is -1.72. The van der Waals surface area contributed by atoms with Crippen LogP contribution in [0.4, 0.5) is 4.39 Å². The minimum Gasteiger partial charge on any atom is -0.480 e. The summed E-state index contributed by atoms with van der Waals surface area (Å²) in [6.07, 6.45) is -0.555. The van der Waals surface area contributed by atoms with Crippen LogP contribution in [0.3, 0.4) is 0 Å². The van der Waals surface area contributed by atoms with Crippen LogP contribution >= 0.6 is 11.6 Å². The Kier molecular flexibility index (Phi) is 4.29. The highest BCUT2D eigenvalue weighted by Crippen LogP contribution is 2.21. The van der Waals surface area contributed by atoms with Crippen molar-refractivity contribution >= 4 is 11.6 Å². The fraction of sp³-hybridized carbons (Fsp3) is 0.231. The van der Waals surface area contributed by atoms with Crippen LogP contribution in [0, 0.1) is 5.82 Å². The molecule has 1 aromatic carbocycles. The van der Waals surface area contributed by atoms with Gasteiger partial charge >= 0.3 is 0 Å². The summed E-state index contributed by atoms with van der Waals surface area (Å²) in [6, 6.07) is 7.56. The van der Waals surface area contributed by atoms with E-state index in [1.54, 1.807) is 18.2 Å². The quantitative estimate of drug-likeness (QED) is 0.936. The summed E-state index contributed by atoms with van der Waals surface area (Å²) in [5, 5.41) is 17.7. The zero-order valence-electron chi connectivity index (χ0n) is 10.2. The fourth-order valence-corrected chi connectivity index (χ4v) is 1.81. The van der Waals surface area contributed by atoms with Crippen molar-refractivity contribution in [3.05, 3.63) is 52.4 Å². The molecular formula is C13H12ClFN2O2. The van der Waals surface area contributed by atoms with Crippen LogP contribution in [0.1, 0.15) is 17.4 Å². The number of aliphatic hydroxyl groups is 1. The molecule has 0 spiro atoms. The van der Waals surface area contributed by atoms with Crippen LogP contribution < -0.4 is 4.74 Å². The largest absolute Gasteiger partial charge is 0.480 e. The second kappa shape index (κ2) is 5.95. The van der Waals surface area contributed by atoms with E-state index in [9.17, 15) is 9.50 Å². The van der Waals surface area contributed by atoms with Crippen molar-refractivity contribution in [1.82, 2.24) is 10.2 Å². The van der Waals surface area contributed by atoms with Crippen LogP contribution in [0.5, 0.6) is 5.88 Å². The highest BCUT2D eigenvalue weighted by Gasteiger charge is 2.12. The topological polar surface area (TPSA) is 55.2 Å². The number of methoxy groups -OCH3 is 1. The van der Waals surface area contributed by atoms with E-state index in [2.05, 4.69) is 10.2 Å². The Morgan fingerprint density at radius 1 is 1.32 bits per heavy atom. The highest BCUT2D eigenvalue weighted by atomic mass is 35.5. The molecule has 0 bridgehead atoms. The van der Waals surface area contributed by atoms with Gasteiger partial charge in [0.2, 0.25) is 5.88 Å². The van der Waals surface area contributed by atoms with Crippen molar-refractivity contribution in [3.63, 3.8) is 0 Å². The third kappa shape index (κ3) is 3.39.